The molecule has 2 atom stereocenters. The smallest absolute Gasteiger partial charge is 0.0734 e. The standard InChI is InChI=1S/C8H17NOS/c1-6(2)10-9-8-4-5-11-7(8)3/h6-9H,4-5H2,1-3H3. The first-order chi connectivity index (χ1) is 5.20. The Morgan fingerprint density at radius 3 is 2.73 bits per heavy atom. The molecule has 1 N–H and O–H groups in total. The van der Waals surface area contributed by atoms with Crippen molar-refractivity contribution in [2.75, 3.05) is 5.75 Å². The molecule has 0 spiro atoms. The maximum Gasteiger partial charge on any atom is 0.0734 e. The van der Waals surface area contributed by atoms with Crippen molar-refractivity contribution in [1.29, 1.82) is 0 Å². The van der Waals surface area contributed by atoms with E-state index < -0.39 is 0 Å². The molecule has 1 aliphatic rings. The summed E-state index contributed by atoms with van der Waals surface area (Å²) >= 11 is 2.01. The van der Waals surface area contributed by atoms with Gasteiger partial charge in [0.25, 0.3) is 0 Å². The van der Waals surface area contributed by atoms with Gasteiger partial charge >= 0.3 is 0 Å². The van der Waals surface area contributed by atoms with Crippen LogP contribution in [0.3, 0.4) is 0 Å². The van der Waals surface area contributed by atoms with Crippen LogP contribution in [-0.4, -0.2) is 23.1 Å². The van der Waals surface area contributed by atoms with Gasteiger partial charge in [0.1, 0.15) is 0 Å². The van der Waals surface area contributed by atoms with Crippen LogP contribution in [0, 0.1) is 0 Å². The topological polar surface area (TPSA) is 21.3 Å². The molecule has 66 valence electrons. The fourth-order valence-corrected chi connectivity index (χ4v) is 2.30. The Morgan fingerprint density at radius 1 is 1.55 bits per heavy atom. The molecule has 0 amide bonds. The lowest BCUT2D eigenvalue weighted by Crippen LogP contribution is -2.35. The monoisotopic (exact) mass is 175 g/mol. The summed E-state index contributed by atoms with van der Waals surface area (Å²) in [5.41, 5.74) is 3.11. The third kappa shape index (κ3) is 3.01. The van der Waals surface area contributed by atoms with Crippen molar-refractivity contribution in [2.24, 2.45) is 0 Å². The predicted octanol–water partition coefficient (Wildman–Crippen LogP) is 1.81. The molecule has 0 aromatic heterocycles. The Morgan fingerprint density at radius 2 is 2.27 bits per heavy atom. The molecule has 1 saturated heterocycles. The number of hydrogen-bond donors (Lipinski definition) is 1. The Hall–Kier alpha value is 0.270. The molecular weight excluding hydrogens is 158 g/mol. The van der Waals surface area contributed by atoms with E-state index in [0.29, 0.717) is 11.3 Å². The molecule has 0 radical (unpaired) electrons. The maximum atomic E-state index is 5.33. The number of hydroxylamine groups is 1. The average Bonchev–Trinajstić information content (AvgIpc) is 2.31. The molecule has 1 rings (SSSR count). The van der Waals surface area contributed by atoms with E-state index in [9.17, 15) is 0 Å². The van der Waals surface area contributed by atoms with E-state index in [1.807, 2.05) is 25.6 Å². The Balaban J connectivity index is 2.15. The zero-order valence-corrected chi connectivity index (χ0v) is 8.28. The average molecular weight is 175 g/mol. The second-order valence-electron chi connectivity index (χ2n) is 3.26. The number of thioether (sulfide) groups is 1. The summed E-state index contributed by atoms with van der Waals surface area (Å²) in [6.45, 7) is 6.33. The van der Waals surface area contributed by atoms with E-state index in [2.05, 4.69) is 12.4 Å². The molecule has 2 nitrogen and oxygen atoms in total. The predicted molar refractivity (Wildman–Crippen MR) is 49.7 cm³/mol. The van der Waals surface area contributed by atoms with Crippen LogP contribution in [0.25, 0.3) is 0 Å². The highest BCUT2D eigenvalue weighted by atomic mass is 32.2. The second kappa shape index (κ2) is 4.33. The van der Waals surface area contributed by atoms with Crippen LogP contribution < -0.4 is 5.48 Å². The molecule has 0 aromatic carbocycles. The van der Waals surface area contributed by atoms with E-state index in [-0.39, 0.29) is 6.10 Å². The highest BCUT2D eigenvalue weighted by molar-refractivity contribution is 8.00. The molecule has 0 saturated carbocycles. The lowest BCUT2D eigenvalue weighted by Gasteiger charge is -2.17. The van der Waals surface area contributed by atoms with Crippen molar-refractivity contribution >= 4 is 11.8 Å². The molecule has 0 aromatic rings. The number of nitrogens with one attached hydrogen (secondary N) is 1. The van der Waals surface area contributed by atoms with Crippen molar-refractivity contribution in [2.45, 2.75) is 44.6 Å². The molecule has 3 heteroatoms. The van der Waals surface area contributed by atoms with Gasteiger partial charge in [-0.15, -0.1) is 0 Å². The van der Waals surface area contributed by atoms with Crippen LogP contribution >= 0.6 is 11.8 Å². The summed E-state index contributed by atoms with van der Waals surface area (Å²) in [6, 6.07) is 0.558. The lowest BCUT2D eigenvalue weighted by atomic mass is 10.2. The van der Waals surface area contributed by atoms with Crippen molar-refractivity contribution in [3.05, 3.63) is 0 Å². The van der Waals surface area contributed by atoms with E-state index in [1.165, 1.54) is 12.2 Å². The van der Waals surface area contributed by atoms with Crippen LogP contribution in [0.15, 0.2) is 0 Å². The first kappa shape index (κ1) is 9.36. The molecule has 0 bridgehead atoms. The van der Waals surface area contributed by atoms with Crippen molar-refractivity contribution in [3.63, 3.8) is 0 Å². The van der Waals surface area contributed by atoms with E-state index in [1.54, 1.807) is 0 Å². The van der Waals surface area contributed by atoms with Crippen molar-refractivity contribution in [1.82, 2.24) is 5.48 Å². The third-order valence-electron chi connectivity index (χ3n) is 1.83. The van der Waals surface area contributed by atoms with E-state index in [4.69, 9.17) is 4.84 Å². The molecular formula is C8H17NOS. The largest absolute Gasteiger partial charge is 0.299 e. The zero-order chi connectivity index (χ0) is 8.27. The van der Waals surface area contributed by atoms with Gasteiger partial charge < -0.3 is 0 Å². The van der Waals surface area contributed by atoms with Crippen LogP contribution in [-0.2, 0) is 4.84 Å². The quantitative estimate of drug-likeness (QED) is 0.661. The highest BCUT2D eigenvalue weighted by Gasteiger charge is 2.23. The Labute approximate surface area is 73.0 Å². The van der Waals surface area contributed by atoms with Gasteiger partial charge in [0.05, 0.1) is 6.10 Å². The van der Waals surface area contributed by atoms with E-state index >= 15 is 0 Å². The zero-order valence-electron chi connectivity index (χ0n) is 7.46. The van der Waals surface area contributed by atoms with Crippen molar-refractivity contribution < 1.29 is 4.84 Å². The summed E-state index contributed by atoms with van der Waals surface area (Å²) in [5, 5.41) is 0.703. The van der Waals surface area contributed by atoms with Gasteiger partial charge in [0, 0.05) is 11.3 Å². The van der Waals surface area contributed by atoms with Gasteiger partial charge in [-0.25, -0.2) is 0 Å². The molecule has 0 aliphatic carbocycles. The molecule has 1 heterocycles. The molecule has 11 heavy (non-hydrogen) atoms. The van der Waals surface area contributed by atoms with Gasteiger partial charge in [-0.3, -0.25) is 4.84 Å². The van der Waals surface area contributed by atoms with Gasteiger partial charge in [-0.05, 0) is 26.0 Å². The summed E-state index contributed by atoms with van der Waals surface area (Å²) < 4.78 is 0. The molecule has 1 aliphatic heterocycles. The second-order valence-corrected chi connectivity index (χ2v) is 4.74. The van der Waals surface area contributed by atoms with Crippen LogP contribution in [0.5, 0.6) is 0 Å². The first-order valence-electron chi connectivity index (χ1n) is 4.23. The summed E-state index contributed by atoms with van der Waals surface area (Å²) in [5.74, 6) is 1.26. The Kier molecular flexibility index (Phi) is 3.69. The highest BCUT2D eigenvalue weighted by Crippen LogP contribution is 2.25. The van der Waals surface area contributed by atoms with Gasteiger partial charge in [0.15, 0.2) is 0 Å². The van der Waals surface area contributed by atoms with Crippen LogP contribution in [0.2, 0.25) is 0 Å². The first-order valence-corrected chi connectivity index (χ1v) is 5.28. The fourth-order valence-electron chi connectivity index (χ4n) is 1.11. The SMILES string of the molecule is CC(C)ONC1CCSC1C. The fraction of sp³-hybridized carbons (Fsp3) is 1.00. The number of rotatable bonds is 3. The lowest BCUT2D eigenvalue weighted by molar-refractivity contribution is -0.0247. The van der Waals surface area contributed by atoms with Gasteiger partial charge in [-0.2, -0.15) is 17.2 Å². The normalized spacial score (nSPS) is 31.6. The van der Waals surface area contributed by atoms with Crippen LogP contribution in [0.4, 0.5) is 0 Å². The Bertz CT molecular complexity index is 119. The van der Waals surface area contributed by atoms with Crippen molar-refractivity contribution in [3.8, 4) is 0 Å². The third-order valence-corrected chi connectivity index (χ3v) is 3.16. The van der Waals surface area contributed by atoms with E-state index in [0.717, 1.165) is 0 Å². The maximum absolute atomic E-state index is 5.33. The molecule has 1 fully saturated rings. The van der Waals surface area contributed by atoms with Gasteiger partial charge in [-0.1, -0.05) is 6.92 Å². The minimum Gasteiger partial charge on any atom is -0.299 e. The van der Waals surface area contributed by atoms with Crippen LogP contribution in [0.1, 0.15) is 27.2 Å². The number of hydrogen-bond acceptors (Lipinski definition) is 3. The summed E-state index contributed by atoms with van der Waals surface area (Å²) in [6.07, 6.45) is 1.52. The summed E-state index contributed by atoms with van der Waals surface area (Å²) in [4.78, 5) is 5.33. The minimum absolute atomic E-state index is 0.285. The molecule has 2 unspecified atom stereocenters. The van der Waals surface area contributed by atoms with Gasteiger partial charge in [0.2, 0.25) is 0 Å². The summed E-state index contributed by atoms with van der Waals surface area (Å²) in [7, 11) is 0. The minimum atomic E-state index is 0.285.